The second kappa shape index (κ2) is 4.42. The molecule has 1 aromatic carbocycles. The molecule has 0 spiro atoms. The largest absolute Gasteiger partial charge is 0.423 e. The standard InChI is InChI=1S/C10H11NO2/c1-8(7-11)10(12)13-9-5-3-2-4-6-9/h2-6H,1,7,11H2. The minimum absolute atomic E-state index is 0.117. The number of nitrogens with two attached hydrogens (primary N) is 1. The molecule has 0 heterocycles. The molecule has 0 fully saturated rings. The predicted octanol–water partition coefficient (Wildman–Crippen LogP) is 1.11. The first-order valence-electron chi connectivity index (χ1n) is 3.89. The molecule has 1 aromatic rings. The molecule has 3 heteroatoms. The van der Waals surface area contributed by atoms with E-state index in [9.17, 15) is 4.79 Å². The fraction of sp³-hybridized carbons (Fsp3) is 0.100. The van der Waals surface area contributed by atoms with E-state index in [1.807, 2.05) is 6.07 Å². The molecule has 0 unspecified atom stereocenters. The molecule has 0 amide bonds. The Morgan fingerprint density at radius 3 is 2.54 bits per heavy atom. The van der Waals surface area contributed by atoms with E-state index < -0.39 is 5.97 Å². The molecular weight excluding hydrogens is 166 g/mol. The fourth-order valence-electron chi connectivity index (χ4n) is 0.751. The quantitative estimate of drug-likeness (QED) is 0.427. The van der Waals surface area contributed by atoms with Crippen molar-refractivity contribution in [1.82, 2.24) is 0 Å². The molecule has 3 nitrogen and oxygen atoms in total. The molecule has 0 saturated carbocycles. The first kappa shape index (κ1) is 9.48. The van der Waals surface area contributed by atoms with Crippen molar-refractivity contribution in [3.63, 3.8) is 0 Å². The molecule has 13 heavy (non-hydrogen) atoms. The van der Waals surface area contributed by atoms with E-state index in [1.165, 1.54) is 0 Å². The lowest BCUT2D eigenvalue weighted by Crippen LogP contribution is -2.17. The Morgan fingerprint density at radius 1 is 1.38 bits per heavy atom. The molecule has 68 valence electrons. The Bertz CT molecular complexity index is 306. The maximum Gasteiger partial charge on any atom is 0.340 e. The number of esters is 1. The van der Waals surface area contributed by atoms with Crippen LogP contribution in [-0.2, 0) is 4.79 Å². The summed E-state index contributed by atoms with van der Waals surface area (Å²) in [5.74, 6) is 0.0239. The Morgan fingerprint density at radius 2 is 2.00 bits per heavy atom. The third kappa shape index (κ3) is 2.72. The number of hydrogen-bond donors (Lipinski definition) is 1. The van der Waals surface area contributed by atoms with Crippen LogP contribution in [0.5, 0.6) is 5.75 Å². The Labute approximate surface area is 76.8 Å². The van der Waals surface area contributed by atoms with Crippen LogP contribution >= 0.6 is 0 Å². The van der Waals surface area contributed by atoms with Gasteiger partial charge in [0.15, 0.2) is 0 Å². The van der Waals surface area contributed by atoms with Crippen LogP contribution in [0.4, 0.5) is 0 Å². The van der Waals surface area contributed by atoms with Crippen molar-refractivity contribution >= 4 is 5.97 Å². The van der Waals surface area contributed by atoms with Crippen LogP contribution in [-0.4, -0.2) is 12.5 Å². The van der Waals surface area contributed by atoms with Gasteiger partial charge in [0.1, 0.15) is 5.75 Å². The highest BCUT2D eigenvalue weighted by atomic mass is 16.5. The van der Waals surface area contributed by atoms with E-state index in [1.54, 1.807) is 24.3 Å². The highest BCUT2D eigenvalue weighted by Gasteiger charge is 2.06. The maximum atomic E-state index is 11.1. The van der Waals surface area contributed by atoms with E-state index in [4.69, 9.17) is 10.5 Å². The van der Waals surface area contributed by atoms with Crippen molar-refractivity contribution in [2.75, 3.05) is 6.54 Å². The first-order chi connectivity index (χ1) is 6.24. The Kier molecular flexibility index (Phi) is 3.23. The number of carbonyl (C=O) groups excluding carboxylic acids is 1. The lowest BCUT2D eigenvalue weighted by molar-refractivity contribution is -0.130. The van der Waals surface area contributed by atoms with Gasteiger partial charge in [-0.05, 0) is 12.1 Å². The van der Waals surface area contributed by atoms with Gasteiger partial charge in [-0.15, -0.1) is 0 Å². The van der Waals surface area contributed by atoms with Crippen molar-refractivity contribution < 1.29 is 9.53 Å². The summed E-state index contributed by atoms with van der Waals surface area (Å²) in [5, 5.41) is 0. The number of carbonyl (C=O) groups is 1. The monoisotopic (exact) mass is 177 g/mol. The van der Waals surface area contributed by atoms with E-state index >= 15 is 0 Å². The zero-order valence-corrected chi connectivity index (χ0v) is 7.19. The van der Waals surface area contributed by atoms with E-state index in [0.29, 0.717) is 5.75 Å². The summed E-state index contributed by atoms with van der Waals surface area (Å²) in [6.45, 7) is 3.59. The number of ether oxygens (including phenoxy) is 1. The molecule has 0 bridgehead atoms. The fourth-order valence-corrected chi connectivity index (χ4v) is 0.751. The van der Waals surface area contributed by atoms with Gasteiger partial charge in [0, 0.05) is 12.1 Å². The zero-order valence-electron chi connectivity index (χ0n) is 7.19. The van der Waals surface area contributed by atoms with Crippen molar-refractivity contribution in [3.05, 3.63) is 42.5 Å². The van der Waals surface area contributed by atoms with Crippen molar-refractivity contribution in [2.24, 2.45) is 5.73 Å². The van der Waals surface area contributed by atoms with E-state index in [2.05, 4.69) is 6.58 Å². The summed E-state index contributed by atoms with van der Waals surface area (Å²) in [5.41, 5.74) is 5.49. The topological polar surface area (TPSA) is 52.3 Å². The van der Waals surface area contributed by atoms with Crippen LogP contribution in [0, 0.1) is 0 Å². The average Bonchev–Trinajstić information content (AvgIpc) is 2.18. The summed E-state index contributed by atoms with van der Waals surface area (Å²) in [6.07, 6.45) is 0. The second-order valence-corrected chi connectivity index (χ2v) is 2.51. The number of para-hydroxylation sites is 1. The maximum absolute atomic E-state index is 11.1. The molecule has 0 atom stereocenters. The smallest absolute Gasteiger partial charge is 0.340 e. The van der Waals surface area contributed by atoms with Gasteiger partial charge in [-0.2, -0.15) is 0 Å². The Hall–Kier alpha value is -1.61. The SMILES string of the molecule is C=C(CN)C(=O)Oc1ccccc1. The van der Waals surface area contributed by atoms with Gasteiger partial charge in [0.2, 0.25) is 0 Å². The van der Waals surface area contributed by atoms with Gasteiger partial charge in [-0.1, -0.05) is 24.8 Å². The highest BCUT2D eigenvalue weighted by Crippen LogP contribution is 2.09. The third-order valence-electron chi connectivity index (χ3n) is 1.49. The van der Waals surface area contributed by atoms with Crippen molar-refractivity contribution in [3.8, 4) is 5.75 Å². The Balaban J connectivity index is 2.60. The molecule has 0 saturated heterocycles. The van der Waals surface area contributed by atoms with Crippen LogP contribution < -0.4 is 10.5 Å². The van der Waals surface area contributed by atoms with Gasteiger partial charge in [0.25, 0.3) is 0 Å². The normalized spacial score (nSPS) is 9.31. The van der Waals surface area contributed by atoms with E-state index in [0.717, 1.165) is 0 Å². The summed E-state index contributed by atoms with van der Waals surface area (Å²) >= 11 is 0. The molecule has 0 aromatic heterocycles. The van der Waals surface area contributed by atoms with Crippen LogP contribution in [0.3, 0.4) is 0 Å². The lowest BCUT2D eigenvalue weighted by Gasteiger charge is -2.03. The van der Waals surface area contributed by atoms with E-state index in [-0.39, 0.29) is 12.1 Å². The van der Waals surface area contributed by atoms with Gasteiger partial charge in [-0.3, -0.25) is 0 Å². The minimum atomic E-state index is -0.478. The van der Waals surface area contributed by atoms with Gasteiger partial charge >= 0.3 is 5.97 Å². The number of benzene rings is 1. The minimum Gasteiger partial charge on any atom is -0.423 e. The first-order valence-corrected chi connectivity index (χ1v) is 3.89. The summed E-state index contributed by atoms with van der Waals surface area (Å²) in [4.78, 5) is 11.1. The van der Waals surface area contributed by atoms with Crippen LogP contribution in [0.25, 0.3) is 0 Å². The average molecular weight is 177 g/mol. The molecule has 0 aliphatic heterocycles. The number of rotatable bonds is 3. The molecule has 1 rings (SSSR count). The van der Waals surface area contributed by atoms with Gasteiger partial charge in [-0.25, -0.2) is 4.79 Å². The third-order valence-corrected chi connectivity index (χ3v) is 1.49. The summed E-state index contributed by atoms with van der Waals surface area (Å²) in [6, 6.07) is 8.81. The number of hydrogen-bond acceptors (Lipinski definition) is 3. The summed E-state index contributed by atoms with van der Waals surface area (Å²) < 4.78 is 4.95. The van der Waals surface area contributed by atoms with Crippen LogP contribution in [0.2, 0.25) is 0 Å². The van der Waals surface area contributed by atoms with Gasteiger partial charge < -0.3 is 10.5 Å². The van der Waals surface area contributed by atoms with Crippen LogP contribution in [0.15, 0.2) is 42.5 Å². The molecule has 0 aliphatic rings. The lowest BCUT2D eigenvalue weighted by atomic mass is 10.3. The second-order valence-electron chi connectivity index (χ2n) is 2.51. The molecule has 0 radical (unpaired) electrons. The summed E-state index contributed by atoms with van der Waals surface area (Å²) in [7, 11) is 0. The van der Waals surface area contributed by atoms with Gasteiger partial charge in [0.05, 0.1) is 0 Å². The predicted molar refractivity (Wildman–Crippen MR) is 50.3 cm³/mol. The molecular formula is C10H11NO2. The molecule has 2 N–H and O–H groups in total. The van der Waals surface area contributed by atoms with Crippen LogP contribution in [0.1, 0.15) is 0 Å². The molecule has 0 aliphatic carbocycles. The van der Waals surface area contributed by atoms with Crippen molar-refractivity contribution in [2.45, 2.75) is 0 Å². The highest BCUT2D eigenvalue weighted by molar-refractivity contribution is 5.89. The zero-order chi connectivity index (χ0) is 9.68. The van der Waals surface area contributed by atoms with Crippen molar-refractivity contribution in [1.29, 1.82) is 0 Å².